The van der Waals surface area contributed by atoms with Crippen molar-refractivity contribution in [3.8, 4) is 0 Å². The fourth-order valence-electron chi connectivity index (χ4n) is 0.585. The standard InChI is InChI=1S/C5H7F2N2/c1-8-2-3-9(4-8)5(6)7/h2-5H,1H3/q+1. The molecule has 2 nitrogen and oxygen atoms in total. The molecule has 1 aromatic heterocycles. The highest BCUT2D eigenvalue weighted by Crippen LogP contribution is 1.96. The van der Waals surface area contributed by atoms with Gasteiger partial charge in [0.1, 0.15) is 12.4 Å². The Morgan fingerprint density at radius 3 is 2.44 bits per heavy atom. The van der Waals surface area contributed by atoms with Crippen LogP contribution in [0.1, 0.15) is 6.55 Å². The van der Waals surface area contributed by atoms with Gasteiger partial charge in [-0.15, -0.1) is 0 Å². The first-order valence-electron chi connectivity index (χ1n) is 2.51. The molecule has 0 aromatic carbocycles. The molecule has 0 unspecified atom stereocenters. The predicted octanol–water partition coefficient (Wildman–Crippen LogP) is 0.708. The molecule has 1 heterocycles. The van der Waals surface area contributed by atoms with Gasteiger partial charge >= 0.3 is 6.55 Å². The van der Waals surface area contributed by atoms with E-state index >= 15 is 0 Å². The molecule has 0 spiro atoms. The number of imidazole rings is 1. The van der Waals surface area contributed by atoms with Crippen LogP contribution in [0, 0.1) is 0 Å². The summed E-state index contributed by atoms with van der Waals surface area (Å²) in [6.07, 6.45) is 4.21. The lowest BCUT2D eigenvalue weighted by Crippen LogP contribution is -2.31. The summed E-state index contributed by atoms with van der Waals surface area (Å²) < 4.78 is 25.9. The van der Waals surface area contributed by atoms with Gasteiger partial charge in [-0.25, -0.2) is 4.57 Å². The SMILES string of the molecule is Cn1cc[n+](C(F)F)c1. The normalized spacial score (nSPS) is 10.7. The van der Waals surface area contributed by atoms with Crippen molar-refractivity contribution in [3.63, 3.8) is 0 Å². The lowest BCUT2D eigenvalue weighted by atomic mass is 10.9. The minimum atomic E-state index is -2.42. The molecule has 50 valence electrons. The van der Waals surface area contributed by atoms with Crippen molar-refractivity contribution in [2.45, 2.75) is 6.55 Å². The maximum absolute atomic E-state index is 11.7. The molecule has 0 saturated carbocycles. The monoisotopic (exact) mass is 133 g/mol. The number of aromatic nitrogens is 2. The lowest BCUT2D eigenvalue weighted by Gasteiger charge is -1.87. The Balaban J connectivity index is 2.85. The number of rotatable bonds is 1. The molecule has 0 aliphatic heterocycles. The maximum atomic E-state index is 11.7. The summed E-state index contributed by atoms with van der Waals surface area (Å²) in [5.74, 6) is 0. The third-order valence-electron chi connectivity index (χ3n) is 1.01. The Kier molecular flexibility index (Phi) is 1.46. The van der Waals surface area contributed by atoms with Crippen molar-refractivity contribution in [2.75, 3.05) is 0 Å². The van der Waals surface area contributed by atoms with E-state index in [1.807, 2.05) is 0 Å². The summed E-state index contributed by atoms with van der Waals surface area (Å²) in [5, 5.41) is 0. The molecule has 1 rings (SSSR count). The van der Waals surface area contributed by atoms with Gasteiger partial charge in [-0.1, -0.05) is 0 Å². The Bertz CT molecular complexity index is 195. The van der Waals surface area contributed by atoms with Crippen molar-refractivity contribution < 1.29 is 13.3 Å². The summed E-state index contributed by atoms with van der Waals surface area (Å²) in [7, 11) is 1.69. The second-order valence-electron chi connectivity index (χ2n) is 1.80. The molecule has 0 fully saturated rings. The molecule has 0 N–H and O–H groups in total. The summed E-state index contributed by atoms with van der Waals surface area (Å²) in [4.78, 5) is 0. The molecule has 9 heavy (non-hydrogen) atoms. The Hall–Kier alpha value is -0.930. The van der Waals surface area contributed by atoms with E-state index in [0.29, 0.717) is 0 Å². The fraction of sp³-hybridized carbons (Fsp3) is 0.400. The first-order chi connectivity index (χ1) is 4.20. The third kappa shape index (κ3) is 1.25. The van der Waals surface area contributed by atoms with Gasteiger partial charge in [-0.2, -0.15) is 13.3 Å². The van der Waals surface area contributed by atoms with E-state index in [2.05, 4.69) is 0 Å². The van der Waals surface area contributed by atoms with Crippen LogP contribution in [0.25, 0.3) is 0 Å². The summed E-state index contributed by atoms with van der Waals surface area (Å²) >= 11 is 0. The summed E-state index contributed by atoms with van der Waals surface area (Å²) in [6, 6.07) is 0. The molecular weight excluding hydrogens is 126 g/mol. The van der Waals surface area contributed by atoms with Crippen LogP contribution in [-0.2, 0) is 7.05 Å². The Labute approximate surface area is 51.3 Å². The molecule has 0 bridgehead atoms. The quantitative estimate of drug-likeness (QED) is 0.499. The topological polar surface area (TPSA) is 8.81 Å². The third-order valence-corrected chi connectivity index (χ3v) is 1.01. The van der Waals surface area contributed by atoms with E-state index in [9.17, 15) is 8.78 Å². The van der Waals surface area contributed by atoms with Gasteiger partial charge in [0.05, 0.1) is 7.05 Å². The van der Waals surface area contributed by atoms with Crippen LogP contribution in [0.2, 0.25) is 0 Å². The number of hydrogen-bond donors (Lipinski definition) is 0. The van der Waals surface area contributed by atoms with Gasteiger partial charge < -0.3 is 0 Å². The fourth-order valence-corrected chi connectivity index (χ4v) is 0.585. The average Bonchev–Trinajstić information content (AvgIpc) is 2.14. The zero-order valence-corrected chi connectivity index (χ0v) is 4.96. The van der Waals surface area contributed by atoms with Crippen LogP contribution in [0.4, 0.5) is 8.78 Å². The first-order valence-corrected chi connectivity index (χ1v) is 2.51. The molecule has 0 atom stereocenters. The number of hydrogen-bond acceptors (Lipinski definition) is 0. The van der Waals surface area contributed by atoms with Crippen molar-refractivity contribution in [3.05, 3.63) is 18.7 Å². The zero-order chi connectivity index (χ0) is 6.85. The van der Waals surface area contributed by atoms with Crippen molar-refractivity contribution in [1.82, 2.24) is 4.57 Å². The van der Waals surface area contributed by atoms with Crippen LogP contribution >= 0.6 is 0 Å². The average molecular weight is 133 g/mol. The van der Waals surface area contributed by atoms with E-state index < -0.39 is 6.55 Å². The zero-order valence-electron chi connectivity index (χ0n) is 4.96. The van der Waals surface area contributed by atoms with Crippen LogP contribution < -0.4 is 4.57 Å². The van der Waals surface area contributed by atoms with Crippen LogP contribution in [0.5, 0.6) is 0 Å². The highest BCUT2D eigenvalue weighted by atomic mass is 19.3. The van der Waals surface area contributed by atoms with Crippen LogP contribution in [-0.4, -0.2) is 4.57 Å². The molecule has 0 saturated heterocycles. The Morgan fingerprint density at radius 2 is 2.22 bits per heavy atom. The minimum absolute atomic E-state index is 0.833. The van der Waals surface area contributed by atoms with Gasteiger partial charge in [-0.05, 0) is 0 Å². The smallest absolute Gasteiger partial charge is 0.239 e. The second-order valence-corrected chi connectivity index (χ2v) is 1.80. The maximum Gasteiger partial charge on any atom is 0.387 e. The number of halogens is 2. The molecule has 0 radical (unpaired) electrons. The number of aryl methyl sites for hydroxylation is 1. The highest BCUT2D eigenvalue weighted by Gasteiger charge is 2.10. The Morgan fingerprint density at radius 1 is 1.56 bits per heavy atom. The molecular formula is C5H7F2N2+. The first kappa shape index (κ1) is 6.19. The van der Waals surface area contributed by atoms with Gasteiger partial charge in [-0.3, -0.25) is 0 Å². The van der Waals surface area contributed by atoms with Gasteiger partial charge in [0, 0.05) is 0 Å². The van der Waals surface area contributed by atoms with E-state index in [4.69, 9.17) is 0 Å². The van der Waals surface area contributed by atoms with Crippen LogP contribution in [0.15, 0.2) is 18.7 Å². The lowest BCUT2D eigenvalue weighted by molar-refractivity contribution is -0.772. The molecule has 0 aliphatic rings. The highest BCUT2D eigenvalue weighted by molar-refractivity contribution is 4.61. The second kappa shape index (κ2) is 2.13. The van der Waals surface area contributed by atoms with Crippen molar-refractivity contribution in [1.29, 1.82) is 0 Å². The summed E-state index contributed by atoms with van der Waals surface area (Å²) in [6.45, 7) is -2.42. The summed E-state index contributed by atoms with van der Waals surface area (Å²) in [5.41, 5.74) is 0. The van der Waals surface area contributed by atoms with E-state index in [-0.39, 0.29) is 0 Å². The minimum Gasteiger partial charge on any atom is -0.239 e. The molecule has 0 amide bonds. The van der Waals surface area contributed by atoms with E-state index in [1.165, 1.54) is 12.5 Å². The number of alkyl halides is 2. The van der Waals surface area contributed by atoms with Gasteiger partial charge in [0.25, 0.3) is 0 Å². The van der Waals surface area contributed by atoms with Crippen molar-refractivity contribution in [2.24, 2.45) is 7.05 Å². The van der Waals surface area contributed by atoms with E-state index in [0.717, 1.165) is 4.57 Å². The number of nitrogens with zero attached hydrogens (tertiary/aromatic N) is 2. The van der Waals surface area contributed by atoms with Gasteiger partial charge in [0.2, 0.25) is 6.33 Å². The predicted molar refractivity (Wildman–Crippen MR) is 26.9 cm³/mol. The van der Waals surface area contributed by atoms with E-state index in [1.54, 1.807) is 17.8 Å². The van der Waals surface area contributed by atoms with Crippen molar-refractivity contribution >= 4 is 0 Å². The molecule has 4 heteroatoms. The van der Waals surface area contributed by atoms with Crippen LogP contribution in [0.3, 0.4) is 0 Å². The largest absolute Gasteiger partial charge is 0.387 e. The molecule has 1 aromatic rings. The van der Waals surface area contributed by atoms with Gasteiger partial charge in [0.15, 0.2) is 0 Å². The molecule has 0 aliphatic carbocycles.